The summed E-state index contributed by atoms with van der Waals surface area (Å²) in [5.41, 5.74) is 4.92. The third-order valence-corrected chi connectivity index (χ3v) is 4.31. The molecular weight excluding hydrogens is 316 g/mol. The smallest absolute Gasteiger partial charge is 0.246 e. The zero-order valence-corrected chi connectivity index (χ0v) is 12.0. The van der Waals surface area contributed by atoms with Gasteiger partial charge in [0, 0.05) is 18.8 Å². The highest BCUT2D eigenvalue weighted by molar-refractivity contribution is 7.89. The molecule has 1 rings (SSSR count). The largest absolute Gasteiger partial charge is 0.399 e. The van der Waals surface area contributed by atoms with Crippen LogP contribution in [0.1, 0.15) is 0 Å². The number of nitrogens with one attached hydrogen (secondary N) is 2. The van der Waals surface area contributed by atoms with Crippen molar-refractivity contribution in [3.63, 3.8) is 0 Å². The molecule has 0 unspecified atom stereocenters. The zero-order chi connectivity index (χ0) is 15.6. The first kappa shape index (κ1) is 16.8. The van der Waals surface area contributed by atoms with Crippen molar-refractivity contribution in [3.05, 3.63) is 23.8 Å². The monoisotopic (exact) mass is 329 g/mol. The summed E-state index contributed by atoms with van der Waals surface area (Å²) in [6, 6.07) is 1.35. The predicted octanol–water partition coefficient (Wildman–Crippen LogP) is -0.626. The maximum absolute atomic E-state index is 13.5. The van der Waals surface area contributed by atoms with E-state index in [0.29, 0.717) is 12.1 Å². The lowest BCUT2D eigenvalue weighted by Crippen LogP contribution is -2.34. The van der Waals surface area contributed by atoms with Crippen LogP contribution in [0.4, 0.5) is 14.5 Å². The van der Waals surface area contributed by atoms with E-state index in [1.807, 2.05) is 9.44 Å². The molecule has 1 aromatic rings. The summed E-state index contributed by atoms with van der Waals surface area (Å²) in [4.78, 5) is -1.16. The molecule has 11 heteroatoms. The van der Waals surface area contributed by atoms with E-state index in [1.54, 1.807) is 0 Å². The second kappa shape index (κ2) is 5.99. The molecule has 0 aliphatic rings. The van der Waals surface area contributed by atoms with E-state index < -0.39 is 36.6 Å². The number of nitrogens with two attached hydrogens (primary N) is 1. The number of anilines is 1. The van der Waals surface area contributed by atoms with Crippen molar-refractivity contribution in [2.45, 2.75) is 4.90 Å². The van der Waals surface area contributed by atoms with Crippen LogP contribution in [-0.4, -0.2) is 36.2 Å². The van der Waals surface area contributed by atoms with Gasteiger partial charge in [0.15, 0.2) is 4.90 Å². The fraction of sp³-hybridized carbons (Fsp3) is 0.333. The van der Waals surface area contributed by atoms with Gasteiger partial charge in [-0.25, -0.2) is 35.1 Å². The minimum Gasteiger partial charge on any atom is -0.399 e. The molecule has 4 N–H and O–H groups in total. The molecule has 1 aromatic carbocycles. The van der Waals surface area contributed by atoms with Crippen molar-refractivity contribution >= 4 is 25.7 Å². The summed E-state index contributed by atoms with van der Waals surface area (Å²) in [6.45, 7) is -0.616. The van der Waals surface area contributed by atoms with Gasteiger partial charge in [-0.05, 0) is 12.1 Å². The van der Waals surface area contributed by atoms with E-state index >= 15 is 0 Å². The minimum atomic E-state index is -4.45. The van der Waals surface area contributed by atoms with Crippen molar-refractivity contribution in [1.29, 1.82) is 0 Å². The molecule has 0 spiro atoms. The van der Waals surface area contributed by atoms with Crippen molar-refractivity contribution in [2.75, 3.05) is 25.1 Å². The van der Waals surface area contributed by atoms with Crippen molar-refractivity contribution in [1.82, 2.24) is 9.44 Å². The van der Waals surface area contributed by atoms with Crippen LogP contribution in [0.15, 0.2) is 17.0 Å². The van der Waals surface area contributed by atoms with Gasteiger partial charge in [0.2, 0.25) is 20.0 Å². The van der Waals surface area contributed by atoms with E-state index in [9.17, 15) is 25.6 Å². The predicted molar refractivity (Wildman–Crippen MR) is 68.8 cm³/mol. The number of halogens is 2. The number of hydrogen-bond acceptors (Lipinski definition) is 5. The summed E-state index contributed by atoms with van der Waals surface area (Å²) >= 11 is 0. The Morgan fingerprint density at radius 2 is 1.50 bits per heavy atom. The van der Waals surface area contributed by atoms with Crippen LogP contribution in [0, 0.1) is 11.6 Å². The third kappa shape index (κ3) is 4.67. The number of hydrogen-bond donors (Lipinski definition) is 3. The molecule has 0 heterocycles. The van der Waals surface area contributed by atoms with Crippen LogP contribution < -0.4 is 15.2 Å². The molecular formula is C9H13F2N3O4S2. The number of benzene rings is 1. The van der Waals surface area contributed by atoms with Crippen molar-refractivity contribution in [2.24, 2.45) is 0 Å². The van der Waals surface area contributed by atoms with Gasteiger partial charge in [0.1, 0.15) is 11.6 Å². The first-order valence-corrected chi connectivity index (χ1v) is 8.59. The first-order valence-electron chi connectivity index (χ1n) is 5.22. The Hall–Kier alpha value is -1.30. The van der Waals surface area contributed by atoms with E-state index in [-0.39, 0.29) is 18.8 Å². The van der Waals surface area contributed by atoms with Gasteiger partial charge in [-0.2, -0.15) is 0 Å². The van der Waals surface area contributed by atoms with Crippen LogP contribution in [-0.2, 0) is 20.0 Å². The van der Waals surface area contributed by atoms with Gasteiger partial charge in [0.05, 0.1) is 6.26 Å². The maximum atomic E-state index is 13.5. The molecule has 7 nitrogen and oxygen atoms in total. The number of nitrogen functional groups attached to an aromatic ring is 1. The SMILES string of the molecule is CS(=O)(=O)NCCNS(=O)(=O)c1c(F)cc(N)cc1F. The Bertz CT molecular complexity index is 681. The Labute approximate surface area is 115 Å². The minimum absolute atomic E-state index is 0.252. The molecule has 0 aliphatic carbocycles. The molecule has 0 fully saturated rings. The second-order valence-corrected chi connectivity index (χ2v) is 7.41. The van der Waals surface area contributed by atoms with Crippen LogP contribution in [0.25, 0.3) is 0 Å². The van der Waals surface area contributed by atoms with E-state index in [2.05, 4.69) is 0 Å². The Balaban J connectivity index is 2.85. The fourth-order valence-electron chi connectivity index (χ4n) is 1.33. The van der Waals surface area contributed by atoms with Crippen molar-refractivity contribution in [3.8, 4) is 0 Å². The molecule has 0 radical (unpaired) electrons. The second-order valence-electron chi connectivity index (χ2n) is 3.88. The highest BCUT2D eigenvalue weighted by atomic mass is 32.2. The molecule has 0 amide bonds. The topological polar surface area (TPSA) is 118 Å². The Kier molecular flexibility index (Phi) is 5.02. The average Bonchev–Trinajstić information content (AvgIpc) is 2.21. The molecule has 0 aromatic heterocycles. The van der Waals surface area contributed by atoms with Gasteiger partial charge < -0.3 is 5.73 Å². The van der Waals surface area contributed by atoms with Gasteiger partial charge in [-0.1, -0.05) is 0 Å². The van der Waals surface area contributed by atoms with Crippen molar-refractivity contribution < 1.29 is 25.6 Å². The third-order valence-electron chi connectivity index (χ3n) is 2.07. The van der Waals surface area contributed by atoms with Crippen LogP contribution in [0.5, 0.6) is 0 Å². The summed E-state index contributed by atoms with van der Waals surface area (Å²) in [7, 11) is -7.92. The lowest BCUT2D eigenvalue weighted by Gasteiger charge is -2.09. The Morgan fingerprint density at radius 3 is 1.95 bits per heavy atom. The quantitative estimate of drug-likeness (QED) is 0.474. The normalized spacial score (nSPS) is 12.6. The lowest BCUT2D eigenvalue weighted by molar-refractivity contribution is 0.514. The fourth-order valence-corrected chi connectivity index (χ4v) is 2.95. The number of sulfonamides is 2. The van der Waals surface area contributed by atoms with Gasteiger partial charge in [-0.15, -0.1) is 0 Å². The molecule has 0 aliphatic heterocycles. The van der Waals surface area contributed by atoms with E-state index in [0.717, 1.165) is 6.26 Å². The summed E-state index contributed by atoms with van der Waals surface area (Å²) in [5, 5.41) is 0. The van der Waals surface area contributed by atoms with Crippen LogP contribution >= 0.6 is 0 Å². The zero-order valence-electron chi connectivity index (χ0n) is 10.4. The molecule has 0 saturated heterocycles. The van der Waals surface area contributed by atoms with Crippen LogP contribution in [0.2, 0.25) is 0 Å². The number of rotatable bonds is 6. The standard InChI is InChI=1S/C9H13F2N3O4S2/c1-19(15,16)13-2-3-14-20(17,18)9-7(10)4-6(12)5-8(9)11/h4-5,13-14H,2-3,12H2,1H3. The Morgan fingerprint density at radius 1 is 1.05 bits per heavy atom. The summed E-state index contributed by atoms with van der Waals surface area (Å²) in [5.74, 6) is -2.66. The van der Waals surface area contributed by atoms with E-state index in [4.69, 9.17) is 5.73 Å². The summed E-state index contributed by atoms with van der Waals surface area (Å²) in [6.07, 6.45) is 0.890. The molecule has 0 bridgehead atoms. The van der Waals surface area contributed by atoms with Gasteiger partial charge >= 0.3 is 0 Å². The molecule has 0 atom stereocenters. The maximum Gasteiger partial charge on any atom is 0.246 e. The molecule has 0 saturated carbocycles. The first-order chi connectivity index (χ1) is 9.03. The summed E-state index contributed by atoms with van der Waals surface area (Å²) < 4.78 is 75.7. The van der Waals surface area contributed by atoms with Gasteiger partial charge in [-0.3, -0.25) is 0 Å². The highest BCUT2D eigenvalue weighted by Crippen LogP contribution is 2.21. The van der Waals surface area contributed by atoms with E-state index in [1.165, 1.54) is 0 Å². The molecule has 20 heavy (non-hydrogen) atoms. The molecule has 114 valence electrons. The average molecular weight is 329 g/mol. The van der Waals surface area contributed by atoms with Crippen LogP contribution in [0.3, 0.4) is 0 Å². The highest BCUT2D eigenvalue weighted by Gasteiger charge is 2.24. The van der Waals surface area contributed by atoms with Gasteiger partial charge in [0.25, 0.3) is 0 Å². The lowest BCUT2D eigenvalue weighted by atomic mass is 10.3.